The predicted molar refractivity (Wildman–Crippen MR) is 74.0 cm³/mol. The minimum atomic E-state index is 0.189. The molecule has 0 saturated heterocycles. The van der Waals surface area contributed by atoms with Crippen molar-refractivity contribution in [2.45, 2.75) is 25.9 Å². The first-order valence-electron chi connectivity index (χ1n) is 6.72. The zero-order chi connectivity index (χ0) is 13.2. The highest BCUT2D eigenvalue weighted by Crippen LogP contribution is 2.36. The minimum Gasteiger partial charge on any atom is -0.493 e. The Morgan fingerprint density at radius 3 is 3.05 bits per heavy atom. The maximum absolute atomic E-state index is 5.77. The molecule has 3 unspecified atom stereocenters. The van der Waals surface area contributed by atoms with Crippen molar-refractivity contribution in [1.82, 2.24) is 15.3 Å². The molecule has 1 aliphatic heterocycles. The number of nitrogens with one attached hydrogen (secondary N) is 2. The third-order valence-electron chi connectivity index (χ3n) is 3.68. The van der Waals surface area contributed by atoms with Crippen LogP contribution < -0.4 is 10.1 Å². The molecule has 3 atom stereocenters. The maximum Gasteiger partial charge on any atom is 0.124 e. The van der Waals surface area contributed by atoms with Gasteiger partial charge in [-0.1, -0.05) is 25.1 Å². The number of hydrogen-bond acceptors (Lipinski definition) is 3. The van der Waals surface area contributed by atoms with Gasteiger partial charge in [-0.25, -0.2) is 4.98 Å². The van der Waals surface area contributed by atoms with Crippen molar-refractivity contribution < 1.29 is 4.74 Å². The van der Waals surface area contributed by atoms with E-state index in [1.807, 2.05) is 18.3 Å². The summed E-state index contributed by atoms with van der Waals surface area (Å²) in [4.78, 5) is 7.47. The van der Waals surface area contributed by atoms with Gasteiger partial charge in [0.05, 0.1) is 12.6 Å². The molecule has 0 saturated carbocycles. The van der Waals surface area contributed by atoms with Crippen LogP contribution in [-0.4, -0.2) is 16.6 Å². The van der Waals surface area contributed by atoms with Crippen LogP contribution in [0.25, 0.3) is 0 Å². The predicted octanol–water partition coefficient (Wildman–Crippen LogP) is 2.83. The number of aromatic amines is 1. The van der Waals surface area contributed by atoms with Crippen LogP contribution in [0.5, 0.6) is 5.75 Å². The van der Waals surface area contributed by atoms with E-state index in [9.17, 15) is 0 Å². The summed E-state index contributed by atoms with van der Waals surface area (Å²) in [5.74, 6) is 2.40. The third-order valence-corrected chi connectivity index (χ3v) is 3.68. The Labute approximate surface area is 113 Å². The van der Waals surface area contributed by atoms with Crippen LogP contribution in [0, 0.1) is 5.92 Å². The molecule has 1 aromatic heterocycles. The lowest BCUT2D eigenvalue weighted by molar-refractivity contribution is 0.181. The summed E-state index contributed by atoms with van der Waals surface area (Å²) in [6.07, 6.45) is 3.64. The average Bonchev–Trinajstić information content (AvgIpc) is 2.96. The molecule has 4 nitrogen and oxygen atoms in total. The Morgan fingerprint density at radius 1 is 1.42 bits per heavy atom. The number of rotatable bonds is 3. The van der Waals surface area contributed by atoms with E-state index < -0.39 is 0 Å². The molecular formula is C15H19N3O. The number of imidazole rings is 1. The molecule has 1 aromatic carbocycles. The molecule has 2 N–H and O–H groups in total. The van der Waals surface area contributed by atoms with Crippen molar-refractivity contribution in [2.75, 3.05) is 6.61 Å². The molecule has 3 rings (SSSR count). The zero-order valence-electron chi connectivity index (χ0n) is 11.3. The van der Waals surface area contributed by atoms with Crippen LogP contribution in [0.15, 0.2) is 36.7 Å². The average molecular weight is 257 g/mol. The topological polar surface area (TPSA) is 49.9 Å². The van der Waals surface area contributed by atoms with Crippen LogP contribution in [0.4, 0.5) is 0 Å². The van der Waals surface area contributed by atoms with Gasteiger partial charge in [-0.3, -0.25) is 0 Å². The van der Waals surface area contributed by atoms with Crippen molar-refractivity contribution in [3.63, 3.8) is 0 Å². The largest absolute Gasteiger partial charge is 0.493 e. The standard InChI is InChI=1S/C15H19N3O/c1-10-9-19-13-6-4-3-5-12(13)14(10)18-11(2)15-16-7-8-17-15/h3-8,10-11,14,18H,9H2,1-2H3,(H,16,17). The molecule has 0 bridgehead atoms. The van der Waals surface area contributed by atoms with Gasteiger partial charge in [0.1, 0.15) is 11.6 Å². The minimum absolute atomic E-state index is 0.189. The normalized spacial score (nSPS) is 23.5. The van der Waals surface area contributed by atoms with Crippen LogP contribution >= 0.6 is 0 Å². The van der Waals surface area contributed by atoms with Gasteiger partial charge in [0.15, 0.2) is 0 Å². The number of para-hydroxylation sites is 1. The van der Waals surface area contributed by atoms with Crippen molar-refractivity contribution in [2.24, 2.45) is 5.92 Å². The van der Waals surface area contributed by atoms with E-state index in [2.05, 4.69) is 41.3 Å². The smallest absolute Gasteiger partial charge is 0.124 e. The zero-order valence-corrected chi connectivity index (χ0v) is 11.3. The molecule has 0 aliphatic carbocycles. The second kappa shape index (κ2) is 5.05. The number of benzene rings is 1. The Morgan fingerprint density at radius 2 is 2.26 bits per heavy atom. The van der Waals surface area contributed by atoms with E-state index in [1.54, 1.807) is 6.20 Å². The van der Waals surface area contributed by atoms with Gasteiger partial charge >= 0.3 is 0 Å². The lowest BCUT2D eigenvalue weighted by atomic mass is 9.91. The molecule has 2 heterocycles. The molecule has 2 aromatic rings. The van der Waals surface area contributed by atoms with E-state index in [1.165, 1.54) is 5.56 Å². The van der Waals surface area contributed by atoms with Crippen LogP contribution in [-0.2, 0) is 0 Å². The number of ether oxygens (including phenoxy) is 1. The molecule has 4 heteroatoms. The van der Waals surface area contributed by atoms with Gasteiger partial charge in [-0.2, -0.15) is 0 Å². The highest BCUT2D eigenvalue weighted by molar-refractivity contribution is 5.38. The van der Waals surface area contributed by atoms with Crippen LogP contribution in [0.1, 0.15) is 37.3 Å². The number of fused-ring (bicyclic) bond motifs is 1. The Hall–Kier alpha value is -1.81. The number of aromatic nitrogens is 2. The van der Waals surface area contributed by atoms with Gasteiger partial charge in [-0.05, 0) is 13.0 Å². The lowest BCUT2D eigenvalue weighted by Gasteiger charge is -2.33. The van der Waals surface area contributed by atoms with Gasteiger partial charge in [0, 0.05) is 29.9 Å². The summed E-state index contributed by atoms with van der Waals surface area (Å²) in [5.41, 5.74) is 1.24. The summed E-state index contributed by atoms with van der Waals surface area (Å²) in [6, 6.07) is 8.73. The summed E-state index contributed by atoms with van der Waals surface area (Å²) in [7, 11) is 0. The van der Waals surface area contributed by atoms with E-state index in [4.69, 9.17) is 4.74 Å². The highest BCUT2D eigenvalue weighted by atomic mass is 16.5. The lowest BCUT2D eigenvalue weighted by Crippen LogP contribution is -2.35. The second-order valence-corrected chi connectivity index (χ2v) is 5.17. The molecule has 1 aliphatic rings. The van der Waals surface area contributed by atoms with Crippen molar-refractivity contribution in [1.29, 1.82) is 0 Å². The highest BCUT2D eigenvalue weighted by Gasteiger charge is 2.29. The summed E-state index contributed by atoms with van der Waals surface area (Å²) >= 11 is 0. The van der Waals surface area contributed by atoms with Crippen molar-refractivity contribution in [3.05, 3.63) is 48.0 Å². The van der Waals surface area contributed by atoms with E-state index in [0.29, 0.717) is 12.0 Å². The van der Waals surface area contributed by atoms with E-state index in [-0.39, 0.29) is 6.04 Å². The molecule has 0 spiro atoms. The van der Waals surface area contributed by atoms with Gasteiger partial charge in [0.2, 0.25) is 0 Å². The number of nitrogens with zero attached hydrogens (tertiary/aromatic N) is 1. The second-order valence-electron chi connectivity index (χ2n) is 5.17. The SMILES string of the molecule is CC(NC1c2ccccc2OCC1C)c1ncc[nH]1. The first-order chi connectivity index (χ1) is 9.25. The molecule has 0 radical (unpaired) electrons. The Balaban J connectivity index is 1.84. The maximum atomic E-state index is 5.77. The molecule has 0 fully saturated rings. The van der Waals surface area contributed by atoms with Gasteiger partial charge in [-0.15, -0.1) is 0 Å². The molecule has 0 amide bonds. The molecule has 19 heavy (non-hydrogen) atoms. The van der Waals surface area contributed by atoms with Gasteiger partial charge < -0.3 is 15.0 Å². The monoisotopic (exact) mass is 257 g/mol. The van der Waals surface area contributed by atoms with Crippen molar-refractivity contribution in [3.8, 4) is 5.75 Å². The summed E-state index contributed by atoms with van der Waals surface area (Å²) in [6.45, 7) is 5.09. The quantitative estimate of drug-likeness (QED) is 0.889. The van der Waals surface area contributed by atoms with Crippen molar-refractivity contribution >= 4 is 0 Å². The van der Waals surface area contributed by atoms with Crippen LogP contribution in [0.3, 0.4) is 0 Å². The number of hydrogen-bond donors (Lipinski definition) is 2. The fourth-order valence-electron chi connectivity index (χ4n) is 2.61. The third kappa shape index (κ3) is 2.36. The number of H-pyrrole nitrogens is 1. The first-order valence-corrected chi connectivity index (χ1v) is 6.72. The molecular weight excluding hydrogens is 238 g/mol. The van der Waals surface area contributed by atoms with Crippen LogP contribution in [0.2, 0.25) is 0 Å². The first kappa shape index (κ1) is 12.2. The van der Waals surface area contributed by atoms with Gasteiger partial charge in [0.25, 0.3) is 0 Å². The summed E-state index contributed by atoms with van der Waals surface area (Å²) < 4.78 is 5.77. The molecule has 100 valence electrons. The summed E-state index contributed by atoms with van der Waals surface area (Å²) in [5, 5.41) is 3.65. The Kier molecular flexibility index (Phi) is 3.25. The Bertz CT molecular complexity index is 538. The van der Waals surface area contributed by atoms with E-state index in [0.717, 1.165) is 18.2 Å². The van der Waals surface area contributed by atoms with E-state index >= 15 is 0 Å². The fourth-order valence-corrected chi connectivity index (χ4v) is 2.61. The fraction of sp³-hybridized carbons (Fsp3) is 0.400.